The topological polar surface area (TPSA) is 83.2 Å². The van der Waals surface area contributed by atoms with Crippen LogP contribution in [0.3, 0.4) is 0 Å². The number of amides is 2. The lowest BCUT2D eigenvalue weighted by atomic mass is 10.1. The van der Waals surface area contributed by atoms with Crippen LogP contribution >= 0.6 is 0 Å². The minimum atomic E-state index is -0.206. The van der Waals surface area contributed by atoms with Gasteiger partial charge in [0, 0.05) is 28.9 Å². The maximum atomic E-state index is 12.5. The predicted octanol–water partition coefficient (Wildman–Crippen LogP) is 2.75. The molecule has 0 spiro atoms. The van der Waals surface area contributed by atoms with Crippen molar-refractivity contribution in [1.82, 2.24) is 4.98 Å². The van der Waals surface area contributed by atoms with Gasteiger partial charge in [0.25, 0.3) is 11.8 Å². The molecule has 3 N–H and O–H groups in total. The van der Waals surface area contributed by atoms with E-state index in [1.807, 2.05) is 24.3 Å². The van der Waals surface area contributed by atoms with Gasteiger partial charge in [0.05, 0.1) is 11.3 Å². The Morgan fingerprint density at radius 3 is 2.96 bits per heavy atom. The summed E-state index contributed by atoms with van der Waals surface area (Å²) >= 11 is 0. The number of anilines is 2. The molecule has 0 saturated heterocycles. The average Bonchev–Trinajstić information content (AvgIpc) is 2.99. The minimum Gasteiger partial charge on any atom is -0.482 e. The Morgan fingerprint density at radius 2 is 2.04 bits per heavy atom. The first-order valence-electron chi connectivity index (χ1n) is 7.15. The molecule has 2 amide bonds. The van der Waals surface area contributed by atoms with Gasteiger partial charge >= 0.3 is 0 Å². The Labute approximate surface area is 131 Å². The molecule has 0 fully saturated rings. The highest BCUT2D eigenvalue weighted by Crippen LogP contribution is 2.31. The van der Waals surface area contributed by atoms with Gasteiger partial charge in [-0.25, -0.2) is 0 Å². The maximum absolute atomic E-state index is 12.5. The number of aromatic nitrogens is 1. The Hall–Kier alpha value is -3.28. The van der Waals surface area contributed by atoms with E-state index in [9.17, 15) is 9.59 Å². The van der Waals surface area contributed by atoms with E-state index >= 15 is 0 Å². The zero-order valence-corrected chi connectivity index (χ0v) is 12.1. The Balaban J connectivity index is 1.60. The molecule has 23 heavy (non-hydrogen) atoms. The fourth-order valence-electron chi connectivity index (χ4n) is 2.61. The SMILES string of the molecule is O=C1COc2cc(NC(=O)c3c[nH]c4ccccc34)ccc2N1. The lowest BCUT2D eigenvalue weighted by Gasteiger charge is -2.18. The number of fused-ring (bicyclic) bond motifs is 2. The van der Waals surface area contributed by atoms with Crippen molar-refractivity contribution in [3.63, 3.8) is 0 Å². The van der Waals surface area contributed by atoms with Crippen LogP contribution < -0.4 is 15.4 Å². The fraction of sp³-hybridized carbons (Fsp3) is 0.0588. The van der Waals surface area contributed by atoms with E-state index < -0.39 is 0 Å². The molecule has 0 aliphatic carbocycles. The standard InChI is InChI=1S/C17H13N3O3/c21-16-9-23-15-7-10(5-6-14(15)20-16)19-17(22)12-8-18-13-4-2-1-3-11(12)13/h1-8,18H,9H2,(H,19,22)(H,20,21). The van der Waals surface area contributed by atoms with E-state index in [2.05, 4.69) is 15.6 Å². The fourth-order valence-corrected chi connectivity index (χ4v) is 2.61. The maximum Gasteiger partial charge on any atom is 0.262 e. The first-order valence-corrected chi connectivity index (χ1v) is 7.15. The Bertz CT molecular complexity index is 930. The van der Waals surface area contributed by atoms with Crippen LogP contribution in [0.15, 0.2) is 48.7 Å². The number of carbonyl (C=O) groups excluding carboxylic acids is 2. The lowest BCUT2D eigenvalue weighted by molar-refractivity contribution is -0.118. The van der Waals surface area contributed by atoms with Crippen LogP contribution in [0.1, 0.15) is 10.4 Å². The Kier molecular flexibility index (Phi) is 3.01. The van der Waals surface area contributed by atoms with Gasteiger partial charge in [0.2, 0.25) is 0 Å². The summed E-state index contributed by atoms with van der Waals surface area (Å²) in [6.07, 6.45) is 1.69. The normalized spacial score (nSPS) is 13.1. The van der Waals surface area contributed by atoms with Crippen molar-refractivity contribution in [2.45, 2.75) is 0 Å². The van der Waals surface area contributed by atoms with E-state index in [-0.39, 0.29) is 18.4 Å². The van der Waals surface area contributed by atoms with E-state index in [1.54, 1.807) is 24.4 Å². The molecular formula is C17H13N3O3. The summed E-state index contributed by atoms with van der Waals surface area (Å²) in [5.41, 5.74) is 2.70. The molecule has 0 unspecified atom stereocenters. The highest BCUT2D eigenvalue weighted by Gasteiger charge is 2.17. The van der Waals surface area contributed by atoms with Crippen molar-refractivity contribution in [2.75, 3.05) is 17.2 Å². The number of rotatable bonds is 2. The van der Waals surface area contributed by atoms with E-state index in [0.29, 0.717) is 22.7 Å². The molecule has 0 saturated carbocycles. The number of ether oxygens (including phenoxy) is 1. The van der Waals surface area contributed by atoms with Crippen LogP contribution in [0, 0.1) is 0 Å². The third-order valence-electron chi connectivity index (χ3n) is 3.71. The predicted molar refractivity (Wildman–Crippen MR) is 86.8 cm³/mol. The summed E-state index contributed by atoms with van der Waals surface area (Å²) in [7, 11) is 0. The second kappa shape index (κ2) is 5.17. The molecular weight excluding hydrogens is 294 g/mol. The molecule has 3 aromatic rings. The van der Waals surface area contributed by atoms with Crippen LogP contribution in [0.25, 0.3) is 10.9 Å². The molecule has 2 aromatic carbocycles. The molecule has 6 heteroatoms. The zero-order valence-electron chi connectivity index (χ0n) is 12.1. The van der Waals surface area contributed by atoms with Crippen LogP contribution in [-0.4, -0.2) is 23.4 Å². The van der Waals surface area contributed by atoms with Crippen molar-refractivity contribution in [3.05, 3.63) is 54.2 Å². The second-order valence-electron chi connectivity index (χ2n) is 5.25. The number of H-pyrrole nitrogens is 1. The molecule has 1 aliphatic rings. The van der Waals surface area contributed by atoms with Crippen molar-refractivity contribution in [1.29, 1.82) is 0 Å². The zero-order chi connectivity index (χ0) is 15.8. The third-order valence-corrected chi connectivity index (χ3v) is 3.71. The highest BCUT2D eigenvalue weighted by atomic mass is 16.5. The molecule has 2 heterocycles. The lowest BCUT2D eigenvalue weighted by Crippen LogP contribution is -2.25. The van der Waals surface area contributed by atoms with E-state index in [4.69, 9.17) is 4.74 Å². The summed E-state index contributed by atoms with van der Waals surface area (Å²) < 4.78 is 5.35. The third kappa shape index (κ3) is 2.40. The molecule has 1 aromatic heterocycles. The Morgan fingerprint density at radius 1 is 1.17 bits per heavy atom. The van der Waals surface area contributed by atoms with Crippen molar-refractivity contribution in [2.24, 2.45) is 0 Å². The quantitative estimate of drug-likeness (QED) is 0.680. The summed E-state index contributed by atoms with van der Waals surface area (Å²) in [4.78, 5) is 26.8. The van der Waals surface area contributed by atoms with Crippen LogP contribution in [0.5, 0.6) is 5.75 Å². The average molecular weight is 307 g/mol. The van der Waals surface area contributed by atoms with Crippen molar-refractivity contribution >= 4 is 34.1 Å². The highest BCUT2D eigenvalue weighted by molar-refractivity contribution is 6.13. The van der Waals surface area contributed by atoms with Crippen LogP contribution in [0.4, 0.5) is 11.4 Å². The molecule has 6 nitrogen and oxygen atoms in total. The summed E-state index contributed by atoms with van der Waals surface area (Å²) in [6, 6.07) is 12.7. The van der Waals surface area contributed by atoms with Gasteiger partial charge in [0.15, 0.2) is 6.61 Å². The van der Waals surface area contributed by atoms with Gasteiger partial charge in [-0.05, 0) is 18.2 Å². The smallest absolute Gasteiger partial charge is 0.262 e. The molecule has 114 valence electrons. The number of carbonyl (C=O) groups is 2. The summed E-state index contributed by atoms with van der Waals surface area (Å²) in [5, 5.41) is 6.42. The van der Waals surface area contributed by atoms with Gasteiger partial charge in [-0.15, -0.1) is 0 Å². The first-order chi connectivity index (χ1) is 11.2. The first kappa shape index (κ1) is 13.4. The minimum absolute atomic E-state index is 0.0210. The summed E-state index contributed by atoms with van der Waals surface area (Å²) in [6.45, 7) is -0.0210. The van der Waals surface area contributed by atoms with Gasteiger partial charge in [-0.3, -0.25) is 9.59 Å². The number of nitrogens with one attached hydrogen (secondary N) is 3. The van der Waals surface area contributed by atoms with Crippen molar-refractivity contribution < 1.29 is 14.3 Å². The molecule has 1 aliphatic heterocycles. The molecule has 4 rings (SSSR count). The largest absolute Gasteiger partial charge is 0.482 e. The van der Waals surface area contributed by atoms with Gasteiger partial charge in [-0.1, -0.05) is 18.2 Å². The number of benzene rings is 2. The van der Waals surface area contributed by atoms with Gasteiger partial charge < -0.3 is 20.4 Å². The molecule has 0 bridgehead atoms. The number of hydrogen-bond acceptors (Lipinski definition) is 3. The van der Waals surface area contributed by atoms with E-state index in [1.165, 1.54) is 0 Å². The van der Waals surface area contributed by atoms with E-state index in [0.717, 1.165) is 10.9 Å². The van der Waals surface area contributed by atoms with Gasteiger partial charge in [0.1, 0.15) is 5.75 Å². The molecule has 0 atom stereocenters. The van der Waals surface area contributed by atoms with Crippen LogP contribution in [-0.2, 0) is 4.79 Å². The molecule has 0 radical (unpaired) electrons. The monoisotopic (exact) mass is 307 g/mol. The van der Waals surface area contributed by atoms with Crippen LogP contribution in [0.2, 0.25) is 0 Å². The second-order valence-corrected chi connectivity index (χ2v) is 5.25. The van der Waals surface area contributed by atoms with Crippen molar-refractivity contribution in [3.8, 4) is 5.75 Å². The summed E-state index contributed by atoms with van der Waals surface area (Å²) in [5.74, 6) is 0.150. The van der Waals surface area contributed by atoms with Gasteiger partial charge in [-0.2, -0.15) is 0 Å². The number of hydrogen-bond donors (Lipinski definition) is 3. The number of para-hydroxylation sites is 1. The number of aromatic amines is 1.